The van der Waals surface area contributed by atoms with Crippen LogP contribution < -0.4 is 0 Å². The monoisotopic (exact) mass is 353 g/mol. The number of benzene rings is 1. The van der Waals surface area contributed by atoms with Crippen molar-refractivity contribution >= 4 is 0 Å². The Kier molecular flexibility index (Phi) is 4.88. The van der Waals surface area contributed by atoms with Gasteiger partial charge < -0.3 is 14.6 Å². The summed E-state index contributed by atoms with van der Waals surface area (Å²) in [4.78, 5) is 2.30. The number of furan rings is 1. The van der Waals surface area contributed by atoms with E-state index in [1.54, 1.807) is 0 Å². The summed E-state index contributed by atoms with van der Waals surface area (Å²) >= 11 is 0. The van der Waals surface area contributed by atoms with Crippen molar-refractivity contribution in [2.24, 2.45) is 0 Å². The fourth-order valence-corrected chi connectivity index (χ4v) is 3.44. The third-order valence-electron chi connectivity index (χ3n) is 4.76. The molecule has 0 amide bonds. The zero-order valence-electron chi connectivity index (χ0n) is 14.6. The molecule has 2 N–H and O–H groups in total. The lowest BCUT2D eigenvalue weighted by Gasteiger charge is -2.17. The van der Waals surface area contributed by atoms with Crippen LogP contribution in [0.1, 0.15) is 41.0 Å². The molecule has 1 aromatic carbocycles. The third-order valence-corrected chi connectivity index (χ3v) is 4.76. The second-order valence-corrected chi connectivity index (χ2v) is 6.69. The Balaban J connectivity index is 1.50. The first-order valence-electron chi connectivity index (χ1n) is 8.93. The van der Waals surface area contributed by atoms with E-state index in [-0.39, 0.29) is 6.61 Å². The number of hydrogen-bond acceptors (Lipinski definition) is 5. The van der Waals surface area contributed by atoms with Gasteiger partial charge in [-0.05, 0) is 30.2 Å². The second kappa shape index (κ2) is 7.45. The fraction of sp³-hybridized carbons (Fsp3) is 0.350. The van der Waals surface area contributed by atoms with Crippen LogP contribution in [0.15, 0.2) is 52.9 Å². The van der Waals surface area contributed by atoms with E-state index >= 15 is 0 Å². The zero-order chi connectivity index (χ0) is 17.9. The maximum Gasteiger partial charge on any atom is 0.129 e. The summed E-state index contributed by atoms with van der Waals surface area (Å²) in [5.74, 6) is 1.44. The number of aliphatic hydroxyl groups is 2. The van der Waals surface area contributed by atoms with Crippen molar-refractivity contribution in [1.29, 1.82) is 0 Å². The number of aromatic nitrogens is 2. The largest absolute Gasteiger partial charge is 0.462 e. The van der Waals surface area contributed by atoms with Crippen LogP contribution in [0.2, 0.25) is 0 Å². The minimum absolute atomic E-state index is 0.0759. The highest BCUT2D eigenvalue weighted by Gasteiger charge is 2.21. The van der Waals surface area contributed by atoms with Crippen LogP contribution in [-0.4, -0.2) is 31.4 Å². The molecule has 0 saturated carbocycles. The van der Waals surface area contributed by atoms with Crippen LogP contribution in [0, 0.1) is 0 Å². The Bertz CT molecular complexity index is 856. The lowest BCUT2D eigenvalue weighted by Crippen LogP contribution is -2.22. The van der Waals surface area contributed by atoms with Crippen LogP contribution in [0.5, 0.6) is 0 Å². The number of nitrogens with zero attached hydrogens (tertiary/aromatic N) is 3. The van der Waals surface area contributed by atoms with Gasteiger partial charge in [-0.2, -0.15) is 5.10 Å². The predicted molar refractivity (Wildman–Crippen MR) is 96.1 cm³/mol. The highest BCUT2D eigenvalue weighted by molar-refractivity contribution is 5.26. The number of fused-ring (bicyclic) bond motifs is 1. The first-order valence-corrected chi connectivity index (χ1v) is 8.93. The van der Waals surface area contributed by atoms with Crippen molar-refractivity contribution in [3.05, 3.63) is 77.0 Å². The Labute approximate surface area is 152 Å². The van der Waals surface area contributed by atoms with E-state index in [9.17, 15) is 5.11 Å². The molecule has 6 nitrogen and oxygen atoms in total. The smallest absolute Gasteiger partial charge is 0.129 e. The number of hydrogen-bond donors (Lipinski definition) is 2. The fourth-order valence-electron chi connectivity index (χ4n) is 3.44. The van der Waals surface area contributed by atoms with Crippen molar-refractivity contribution in [3.8, 4) is 0 Å². The molecule has 136 valence electrons. The highest BCUT2D eigenvalue weighted by atomic mass is 16.4. The van der Waals surface area contributed by atoms with Gasteiger partial charge in [0.1, 0.15) is 24.2 Å². The summed E-state index contributed by atoms with van der Waals surface area (Å²) in [6.45, 7) is 3.17. The van der Waals surface area contributed by atoms with E-state index in [1.165, 1.54) is 0 Å². The van der Waals surface area contributed by atoms with E-state index in [0.29, 0.717) is 18.0 Å². The lowest BCUT2D eigenvalue weighted by molar-refractivity contribution is 0.212. The maximum absolute atomic E-state index is 10.6. The molecule has 0 unspecified atom stereocenters. The van der Waals surface area contributed by atoms with Crippen LogP contribution >= 0.6 is 0 Å². The number of rotatable bonds is 5. The van der Waals surface area contributed by atoms with Crippen molar-refractivity contribution in [2.45, 2.75) is 38.8 Å². The summed E-state index contributed by atoms with van der Waals surface area (Å²) in [7, 11) is 0. The van der Waals surface area contributed by atoms with Gasteiger partial charge in [-0.15, -0.1) is 0 Å². The topological polar surface area (TPSA) is 74.7 Å². The number of aliphatic hydroxyl groups excluding tert-OH is 2. The predicted octanol–water partition coefficient (Wildman–Crippen LogP) is 2.46. The summed E-state index contributed by atoms with van der Waals surface area (Å²) in [5, 5.41) is 24.4. The molecule has 1 aliphatic heterocycles. The van der Waals surface area contributed by atoms with Gasteiger partial charge in [0.15, 0.2) is 0 Å². The molecule has 0 bridgehead atoms. The first kappa shape index (κ1) is 17.0. The Morgan fingerprint density at radius 3 is 2.65 bits per heavy atom. The molecule has 6 heteroatoms. The molecule has 0 spiro atoms. The normalized spacial score (nSPS) is 16.2. The standard InChI is InChI=1S/C20H23N3O3/c24-14-18-8-7-17(26-18)13-22-9-4-10-23-16(12-22)11-19(21-23)20(25)15-5-2-1-3-6-15/h1-3,5-8,11,20,24-25H,4,9-10,12-14H2/t20-/m1/s1. The first-order chi connectivity index (χ1) is 12.7. The van der Waals surface area contributed by atoms with Gasteiger partial charge in [0, 0.05) is 19.6 Å². The van der Waals surface area contributed by atoms with Crippen LogP contribution in [0.25, 0.3) is 0 Å². The van der Waals surface area contributed by atoms with Gasteiger partial charge in [0.2, 0.25) is 0 Å². The van der Waals surface area contributed by atoms with Crippen LogP contribution in [0.3, 0.4) is 0 Å². The molecular weight excluding hydrogens is 330 g/mol. The van der Waals surface area contributed by atoms with E-state index in [1.807, 2.05) is 53.2 Å². The van der Waals surface area contributed by atoms with Crippen molar-refractivity contribution < 1.29 is 14.6 Å². The van der Waals surface area contributed by atoms with Gasteiger partial charge in [-0.3, -0.25) is 9.58 Å². The minimum Gasteiger partial charge on any atom is -0.462 e. The molecule has 1 atom stereocenters. The summed E-state index contributed by atoms with van der Waals surface area (Å²) in [6, 6.07) is 15.3. The van der Waals surface area contributed by atoms with Gasteiger partial charge in [-0.1, -0.05) is 30.3 Å². The summed E-state index contributed by atoms with van der Waals surface area (Å²) < 4.78 is 7.61. The van der Waals surface area contributed by atoms with Crippen molar-refractivity contribution in [1.82, 2.24) is 14.7 Å². The van der Waals surface area contributed by atoms with E-state index < -0.39 is 6.10 Å². The van der Waals surface area contributed by atoms with E-state index in [2.05, 4.69) is 10.00 Å². The lowest BCUT2D eigenvalue weighted by atomic mass is 10.1. The SMILES string of the molecule is OCc1ccc(CN2CCCn3nc([C@H](O)c4ccccc4)cc3C2)o1. The maximum atomic E-state index is 10.6. The zero-order valence-corrected chi connectivity index (χ0v) is 14.6. The molecule has 0 fully saturated rings. The molecule has 26 heavy (non-hydrogen) atoms. The quantitative estimate of drug-likeness (QED) is 0.737. The molecule has 0 saturated heterocycles. The van der Waals surface area contributed by atoms with Gasteiger partial charge >= 0.3 is 0 Å². The van der Waals surface area contributed by atoms with Crippen LogP contribution in [0.4, 0.5) is 0 Å². The molecule has 3 heterocycles. The average Bonchev–Trinajstić information content (AvgIpc) is 3.24. The highest BCUT2D eigenvalue weighted by Crippen LogP contribution is 2.24. The van der Waals surface area contributed by atoms with E-state index in [0.717, 1.165) is 43.1 Å². The summed E-state index contributed by atoms with van der Waals surface area (Å²) in [5.41, 5.74) is 2.64. The Morgan fingerprint density at radius 2 is 1.88 bits per heavy atom. The minimum atomic E-state index is -0.707. The molecule has 2 aromatic heterocycles. The average molecular weight is 353 g/mol. The Morgan fingerprint density at radius 1 is 1.08 bits per heavy atom. The molecule has 3 aromatic rings. The van der Waals surface area contributed by atoms with Crippen molar-refractivity contribution in [3.63, 3.8) is 0 Å². The van der Waals surface area contributed by atoms with Crippen LogP contribution in [-0.2, 0) is 26.2 Å². The summed E-state index contributed by atoms with van der Waals surface area (Å²) in [6.07, 6.45) is 0.282. The van der Waals surface area contributed by atoms with Crippen molar-refractivity contribution in [2.75, 3.05) is 6.54 Å². The van der Waals surface area contributed by atoms with Gasteiger partial charge in [-0.25, -0.2) is 0 Å². The molecule has 0 radical (unpaired) electrons. The molecule has 4 rings (SSSR count). The Hall–Kier alpha value is -2.41. The third kappa shape index (κ3) is 3.58. The van der Waals surface area contributed by atoms with Gasteiger partial charge in [0.05, 0.1) is 17.9 Å². The number of aryl methyl sites for hydroxylation is 1. The molecular formula is C20H23N3O3. The molecule has 1 aliphatic rings. The van der Waals surface area contributed by atoms with E-state index in [4.69, 9.17) is 9.52 Å². The molecule has 0 aliphatic carbocycles. The second-order valence-electron chi connectivity index (χ2n) is 6.69. The van der Waals surface area contributed by atoms with Gasteiger partial charge in [0.25, 0.3) is 0 Å².